The molecule has 0 aliphatic heterocycles. The summed E-state index contributed by atoms with van der Waals surface area (Å²) in [6.07, 6.45) is 5.54. The summed E-state index contributed by atoms with van der Waals surface area (Å²) >= 11 is 1.47. The van der Waals surface area contributed by atoms with E-state index in [9.17, 15) is 8.42 Å². The lowest BCUT2D eigenvalue weighted by Gasteiger charge is -2.13. The minimum atomic E-state index is -3.54. The molecule has 0 radical (unpaired) electrons. The number of nitrogens with one attached hydrogen (secondary N) is 1. The first-order valence-corrected chi connectivity index (χ1v) is 9.32. The predicted octanol–water partition coefficient (Wildman–Crippen LogP) is 3.24. The van der Waals surface area contributed by atoms with Crippen molar-refractivity contribution in [3.63, 3.8) is 0 Å². The molecule has 5 nitrogen and oxygen atoms in total. The van der Waals surface area contributed by atoms with Crippen LogP contribution in [0.5, 0.6) is 0 Å². The van der Waals surface area contributed by atoms with Gasteiger partial charge in [-0.1, -0.05) is 18.0 Å². The number of aromatic nitrogens is 1. The Morgan fingerprint density at radius 3 is 2.62 bits per heavy atom. The molecule has 1 fully saturated rings. The van der Waals surface area contributed by atoms with Gasteiger partial charge in [-0.05, 0) is 26.7 Å². The lowest BCUT2D eigenvalue weighted by Crippen LogP contribution is -2.33. The van der Waals surface area contributed by atoms with Crippen molar-refractivity contribution < 1.29 is 12.9 Å². The van der Waals surface area contributed by atoms with Crippen molar-refractivity contribution in [2.24, 2.45) is 0 Å². The normalized spacial score (nSPS) is 16.7. The fourth-order valence-electron chi connectivity index (χ4n) is 2.94. The third-order valence-corrected chi connectivity index (χ3v) is 6.68. The van der Waals surface area contributed by atoms with E-state index < -0.39 is 10.0 Å². The van der Waals surface area contributed by atoms with Crippen LogP contribution in [0.3, 0.4) is 0 Å². The second-order valence-corrected chi connectivity index (χ2v) is 8.48. The third kappa shape index (κ3) is 2.77. The first-order valence-electron chi connectivity index (χ1n) is 7.02. The molecule has 0 amide bonds. The van der Waals surface area contributed by atoms with Gasteiger partial charge in [0, 0.05) is 21.9 Å². The Hall–Kier alpha value is -1.18. The van der Waals surface area contributed by atoms with Crippen LogP contribution < -0.4 is 4.72 Å². The van der Waals surface area contributed by atoms with E-state index >= 15 is 0 Å². The van der Waals surface area contributed by atoms with Crippen molar-refractivity contribution in [2.75, 3.05) is 0 Å². The summed E-state index contributed by atoms with van der Waals surface area (Å²) in [6.45, 7) is 3.74. The number of nitrogens with zero attached hydrogens (tertiary/aromatic N) is 1. The van der Waals surface area contributed by atoms with Gasteiger partial charge in [-0.2, -0.15) is 0 Å². The molecular formula is C14H18N2O3S2. The van der Waals surface area contributed by atoms with E-state index in [0.717, 1.165) is 35.4 Å². The van der Waals surface area contributed by atoms with Crippen LogP contribution in [0.2, 0.25) is 0 Å². The van der Waals surface area contributed by atoms with Crippen LogP contribution in [0.25, 0.3) is 11.3 Å². The predicted molar refractivity (Wildman–Crippen MR) is 81.9 cm³/mol. The lowest BCUT2D eigenvalue weighted by molar-refractivity contribution is 0.431. The highest BCUT2D eigenvalue weighted by Gasteiger charge is 2.30. The van der Waals surface area contributed by atoms with Crippen molar-refractivity contribution in [1.29, 1.82) is 0 Å². The summed E-state index contributed by atoms with van der Waals surface area (Å²) in [5.41, 5.74) is 0.639. The highest BCUT2D eigenvalue weighted by atomic mass is 32.2. The summed E-state index contributed by atoms with van der Waals surface area (Å²) in [4.78, 5) is 2.05. The minimum Gasteiger partial charge on any atom is -0.356 e. The van der Waals surface area contributed by atoms with Gasteiger partial charge in [0.2, 0.25) is 10.0 Å². The zero-order valence-electron chi connectivity index (χ0n) is 12.0. The van der Waals surface area contributed by atoms with E-state index in [-0.39, 0.29) is 6.04 Å². The van der Waals surface area contributed by atoms with E-state index in [1.54, 1.807) is 6.07 Å². The monoisotopic (exact) mass is 326 g/mol. The van der Waals surface area contributed by atoms with Gasteiger partial charge in [0.05, 0.1) is 11.8 Å². The molecule has 1 saturated carbocycles. The number of hydrogen-bond donors (Lipinski definition) is 1. The molecule has 0 unspecified atom stereocenters. The van der Waals surface area contributed by atoms with Crippen molar-refractivity contribution in [1.82, 2.24) is 9.88 Å². The van der Waals surface area contributed by atoms with E-state index in [1.165, 1.54) is 17.5 Å². The van der Waals surface area contributed by atoms with Gasteiger partial charge in [0.25, 0.3) is 0 Å². The number of aryl methyl sites for hydroxylation is 2. The Balaban J connectivity index is 2.05. The van der Waals surface area contributed by atoms with Crippen molar-refractivity contribution >= 4 is 21.4 Å². The summed E-state index contributed by atoms with van der Waals surface area (Å²) in [6, 6.07) is 1.75. The van der Waals surface area contributed by atoms with Crippen LogP contribution >= 0.6 is 11.3 Å². The Bertz CT molecular complexity index is 727. The van der Waals surface area contributed by atoms with Crippen LogP contribution in [0, 0.1) is 13.8 Å². The maximum atomic E-state index is 12.8. The van der Waals surface area contributed by atoms with E-state index in [4.69, 9.17) is 4.52 Å². The first-order chi connectivity index (χ1) is 9.99. The zero-order valence-corrected chi connectivity index (χ0v) is 13.7. The molecule has 2 heterocycles. The number of rotatable bonds is 4. The van der Waals surface area contributed by atoms with Crippen LogP contribution in [0.4, 0.5) is 0 Å². The standard InChI is InChI=1S/C14H18N2O3S2/c1-9-13(12-7-8-15-19-12)14(10(2)20-9)21(17,18)16-11-5-3-4-6-11/h7-8,11,16H,3-6H2,1-2H3. The quantitative estimate of drug-likeness (QED) is 0.936. The molecule has 7 heteroatoms. The molecular weight excluding hydrogens is 308 g/mol. The Morgan fingerprint density at radius 2 is 2.00 bits per heavy atom. The number of thiophene rings is 1. The summed E-state index contributed by atoms with van der Waals surface area (Å²) in [7, 11) is -3.54. The molecule has 0 atom stereocenters. The Kier molecular flexibility index (Phi) is 3.90. The SMILES string of the molecule is Cc1sc(C)c(S(=O)(=O)NC2CCCC2)c1-c1ccno1. The van der Waals surface area contributed by atoms with Gasteiger partial charge in [-0.25, -0.2) is 13.1 Å². The molecule has 1 N–H and O–H groups in total. The second-order valence-electron chi connectivity index (χ2n) is 5.40. The molecule has 3 rings (SSSR count). The van der Waals surface area contributed by atoms with Gasteiger partial charge in [-0.3, -0.25) is 0 Å². The van der Waals surface area contributed by atoms with Crippen molar-refractivity contribution in [2.45, 2.75) is 50.5 Å². The molecule has 2 aromatic heterocycles. The van der Waals surface area contributed by atoms with E-state index in [0.29, 0.717) is 16.2 Å². The number of sulfonamides is 1. The highest BCUT2D eigenvalue weighted by molar-refractivity contribution is 7.89. The Morgan fingerprint density at radius 1 is 1.29 bits per heavy atom. The largest absolute Gasteiger partial charge is 0.356 e. The van der Waals surface area contributed by atoms with E-state index in [1.807, 2.05) is 13.8 Å². The average Bonchev–Trinajstić information content (AvgIpc) is 3.09. The molecule has 21 heavy (non-hydrogen) atoms. The summed E-state index contributed by atoms with van der Waals surface area (Å²) in [5, 5.41) is 3.69. The van der Waals surface area contributed by atoms with Crippen molar-refractivity contribution in [3.05, 3.63) is 22.0 Å². The van der Waals surface area contributed by atoms with Gasteiger partial charge in [0.15, 0.2) is 5.76 Å². The fourth-order valence-corrected chi connectivity index (χ4v) is 6.11. The summed E-state index contributed by atoms with van der Waals surface area (Å²) in [5.74, 6) is 0.503. The topological polar surface area (TPSA) is 72.2 Å². The molecule has 0 aromatic carbocycles. The molecule has 114 valence electrons. The lowest BCUT2D eigenvalue weighted by atomic mass is 10.2. The minimum absolute atomic E-state index is 0.0529. The third-order valence-electron chi connectivity index (χ3n) is 3.84. The molecule has 0 saturated heterocycles. The molecule has 1 aliphatic carbocycles. The fraction of sp³-hybridized carbons (Fsp3) is 0.500. The molecule has 0 spiro atoms. The molecule has 2 aromatic rings. The van der Waals surface area contributed by atoms with E-state index in [2.05, 4.69) is 9.88 Å². The highest BCUT2D eigenvalue weighted by Crippen LogP contribution is 2.39. The maximum Gasteiger partial charge on any atom is 0.242 e. The number of hydrogen-bond acceptors (Lipinski definition) is 5. The Labute approximate surface area is 128 Å². The first kappa shape index (κ1) is 14.7. The maximum absolute atomic E-state index is 12.8. The summed E-state index contributed by atoms with van der Waals surface area (Å²) < 4.78 is 33.6. The van der Waals surface area contributed by atoms with Gasteiger partial charge < -0.3 is 4.52 Å². The zero-order chi connectivity index (χ0) is 15.0. The van der Waals surface area contributed by atoms with Crippen LogP contribution in [-0.4, -0.2) is 19.6 Å². The van der Waals surface area contributed by atoms with Crippen LogP contribution in [0.1, 0.15) is 35.4 Å². The smallest absolute Gasteiger partial charge is 0.242 e. The van der Waals surface area contributed by atoms with Crippen molar-refractivity contribution in [3.8, 4) is 11.3 Å². The van der Waals surface area contributed by atoms with Gasteiger partial charge >= 0.3 is 0 Å². The average molecular weight is 326 g/mol. The van der Waals surface area contributed by atoms with Crippen LogP contribution in [-0.2, 0) is 10.0 Å². The molecule has 0 bridgehead atoms. The van der Waals surface area contributed by atoms with Crippen LogP contribution in [0.15, 0.2) is 21.7 Å². The second kappa shape index (κ2) is 5.55. The van der Waals surface area contributed by atoms with Gasteiger partial charge in [-0.15, -0.1) is 11.3 Å². The molecule has 1 aliphatic rings. The van der Waals surface area contributed by atoms with Gasteiger partial charge in [0.1, 0.15) is 4.90 Å².